The van der Waals surface area contributed by atoms with E-state index in [4.69, 9.17) is 0 Å². The topological polar surface area (TPSA) is 70.1 Å². The Balaban J connectivity index is 1.43. The van der Waals surface area contributed by atoms with E-state index >= 15 is 0 Å². The normalized spacial score (nSPS) is 11.3. The van der Waals surface area contributed by atoms with E-state index in [1.54, 1.807) is 12.3 Å². The van der Waals surface area contributed by atoms with Crippen LogP contribution in [-0.4, -0.2) is 22.3 Å². The molecule has 0 saturated heterocycles. The van der Waals surface area contributed by atoms with Crippen LogP contribution in [0.4, 0.5) is 0 Å². The molecule has 1 amide bonds. The van der Waals surface area contributed by atoms with Crippen molar-refractivity contribution in [3.8, 4) is 11.3 Å². The van der Waals surface area contributed by atoms with Gasteiger partial charge in [0.15, 0.2) is 0 Å². The number of rotatable bonds is 4. The second kappa shape index (κ2) is 7.64. The fraction of sp³-hybridized carbons (Fsp3) is 0. The van der Waals surface area contributed by atoms with Crippen LogP contribution in [0.15, 0.2) is 96.1 Å². The Morgan fingerprint density at radius 3 is 2.17 bits per heavy atom. The summed E-state index contributed by atoms with van der Waals surface area (Å²) in [5, 5.41) is 15.7. The third-order valence-electron chi connectivity index (χ3n) is 5.06. The van der Waals surface area contributed by atoms with E-state index in [1.807, 2.05) is 54.6 Å². The molecule has 1 aromatic heterocycles. The van der Waals surface area contributed by atoms with Gasteiger partial charge in [0.05, 0.1) is 11.9 Å². The Kier molecular flexibility index (Phi) is 4.54. The minimum Gasteiger partial charge on any atom is -0.272 e. The Labute approximate surface area is 173 Å². The van der Waals surface area contributed by atoms with E-state index in [-0.39, 0.29) is 5.91 Å². The maximum Gasteiger partial charge on any atom is 0.289 e. The van der Waals surface area contributed by atoms with Crippen LogP contribution >= 0.6 is 0 Å². The van der Waals surface area contributed by atoms with Gasteiger partial charge < -0.3 is 0 Å². The molecule has 0 atom stereocenters. The van der Waals surface area contributed by atoms with Crippen molar-refractivity contribution in [2.75, 3.05) is 0 Å². The van der Waals surface area contributed by atoms with E-state index in [0.29, 0.717) is 11.4 Å². The SMILES string of the molecule is O=C(N/N=C/c1c2ccccc2cc2ccccc12)c1cc(-c2ccccc2)n[nH]1. The zero-order valence-corrected chi connectivity index (χ0v) is 16.0. The lowest BCUT2D eigenvalue weighted by Crippen LogP contribution is -2.18. The second-order valence-electron chi connectivity index (χ2n) is 6.96. The van der Waals surface area contributed by atoms with Gasteiger partial charge in [-0.3, -0.25) is 9.89 Å². The van der Waals surface area contributed by atoms with Gasteiger partial charge in [-0.1, -0.05) is 78.9 Å². The van der Waals surface area contributed by atoms with Crippen LogP contribution in [0.2, 0.25) is 0 Å². The van der Waals surface area contributed by atoms with Gasteiger partial charge in [-0.25, -0.2) is 5.43 Å². The van der Waals surface area contributed by atoms with Crippen LogP contribution in [0, 0.1) is 0 Å². The van der Waals surface area contributed by atoms with E-state index in [1.165, 1.54) is 0 Å². The molecular formula is C25H18N4O. The summed E-state index contributed by atoms with van der Waals surface area (Å²) in [6, 6.07) is 29.9. The molecule has 5 rings (SSSR count). The minimum atomic E-state index is -0.342. The number of carbonyl (C=O) groups excluding carboxylic acids is 1. The van der Waals surface area contributed by atoms with E-state index in [0.717, 1.165) is 32.7 Å². The average Bonchev–Trinajstić information content (AvgIpc) is 3.30. The van der Waals surface area contributed by atoms with Crippen molar-refractivity contribution >= 4 is 33.7 Å². The third-order valence-corrected chi connectivity index (χ3v) is 5.06. The highest BCUT2D eigenvalue weighted by Gasteiger charge is 2.10. The average molecular weight is 390 g/mol. The fourth-order valence-electron chi connectivity index (χ4n) is 3.60. The second-order valence-corrected chi connectivity index (χ2v) is 6.96. The minimum absolute atomic E-state index is 0.342. The number of amides is 1. The molecule has 0 unspecified atom stereocenters. The van der Waals surface area contributed by atoms with Gasteiger partial charge in [0.2, 0.25) is 0 Å². The molecule has 4 aromatic carbocycles. The number of aromatic amines is 1. The smallest absolute Gasteiger partial charge is 0.272 e. The molecule has 0 aliphatic heterocycles. The molecule has 0 aliphatic rings. The van der Waals surface area contributed by atoms with Gasteiger partial charge in [0.25, 0.3) is 5.91 Å². The zero-order valence-electron chi connectivity index (χ0n) is 16.0. The lowest BCUT2D eigenvalue weighted by molar-refractivity contribution is 0.0950. The lowest BCUT2D eigenvalue weighted by Gasteiger charge is -2.07. The van der Waals surface area contributed by atoms with Crippen LogP contribution in [0.1, 0.15) is 16.1 Å². The molecule has 1 heterocycles. The first-order valence-corrected chi connectivity index (χ1v) is 9.64. The number of aromatic nitrogens is 2. The predicted molar refractivity (Wildman–Crippen MR) is 121 cm³/mol. The highest BCUT2D eigenvalue weighted by atomic mass is 16.2. The van der Waals surface area contributed by atoms with Gasteiger partial charge in [-0.15, -0.1) is 0 Å². The van der Waals surface area contributed by atoms with E-state index in [9.17, 15) is 4.79 Å². The Morgan fingerprint density at radius 1 is 0.833 bits per heavy atom. The highest BCUT2D eigenvalue weighted by molar-refractivity contribution is 6.13. The molecule has 5 aromatic rings. The van der Waals surface area contributed by atoms with Crippen LogP contribution in [-0.2, 0) is 0 Å². The van der Waals surface area contributed by atoms with Crippen molar-refractivity contribution in [2.24, 2.45) is 5.10 Å². The molecule has 0 fully saturated rings. The third kappa shape index (κ3) is 3.33. The summed E-state index contributed by atoms with van der Waals surface area (Å²) < 4.78 is 0. The van der Waals surface area contributed by atoms with Crippen molar-refractivity contribution in [3.63, 3.8) is 0 Å². The molecule has 2 N–H and O–H groups in total. The molecule has 144 valence electrons. The number of carbonyl (C=O) groups is 1. The maximum atomic E-state index is 12.5. The van der Waals surface area contributed by atoms with Crippen molar-refractivity contribution in [2.45, 2.75) is 0 Å². The molecular weight excluding hydrogens is 372 g/mol. The van der Waals surface area contributed by atoms with Crippen LogP contribution < -0.4 is 5.43 Å². The lowest BCUT2D eigenvalue weighted by atomic mass is 9.97. The summed E-state index contributed by atoms with van der Waals surface area (Å²) in [6.07, 6.45) is 1.71. The van der Waals surface area contributed by atoms with Gasteiger partial charge in [0.1, 0.15) is 5.69 Å². The summed E-state index contributed by atoms with van der Waals surface area (Å²) in [6.45, 7) is 0. The largest absolute Gasteiger partial charge is 0.289 e. The number of hydrogen-bond acceptors (Lipinski definition) is 3. The maximum absolute atomic E-state index is 12.5. The highest BCUT2D eigenvalue weighted by Crippen LogP contribution is 2.27. The van der Waals surface area contributed by atoms with Crippen LogP contribution in [0.25, 0.3) is 32.8 Å². The fourth-order valence-corrected chi connectivity index (χ4v) is 3.60. The first-order chi connectivity index (χ1) is 14.8. The van der Waals surface area contributed by atoms with Crippen LogP contribution in [0.3, 0.4) is 0 Å². The predicted octanol–water partition coefficient (Wildman–Crippen LogP) is 5.15. The standard InChI is InChI=1S/C25H18N4O/c30-25(24-15-23(27-28-24)17-8-2-1-3-9-17)29-26-16-22-20-12-6-4-10-18(20)14-19-11-5-7-13-21(19)22/h1-16H,(H,27,28)(H,29,30)/b26-16+. The van der Waals surface area contributed by atoms with Crippen molar-refractivity contribution in [1.29, 1.82) is 0 Å². The Morgan fingerprint density at radius 2 is 1.47 bits per heavy atom. The van der Waals surface area contributed by atoms with Crippen molar-refractivity contribution < 1.29 is 4.79 Å². The van der Waals surface area contributed by atoms with Crippen LogP contribution in [0.5, 0.6) is 0 Å². The van der Waals surface area contributed by atoms with Gasteiger partial charge in [-0.05, 0) is 33.7 Å². The van der Waals surface area contributed by atoms with Gasteiger partial charge in [-0.2, -0.15) is 10.2 Å². The molecule has 0 bridgehead atoms. The Bertz CT molecular complexity index is 1330. The number of hydrazone groups is 1. The molecule has 0 saturated carbocycles. The molecule has 30 heavy (non-hydrogen) atoms. The van der Waals surface area contributed by atoms with Gasteiger partial charge >= 0.3 is 0 Å². The summed E-state index contributed by atoms with van der Waals surface area (Å²) in [5.41, 5.74) is 5.58. The molecule has 0 radical (unpaired) electrons. The quantitative estimate of drug-likeness (QED) is 0.253. The Hall–Kier alpha value is -4.25. The summed E-state index contributed by atoms with van der Waals surface area (Å²) in [4.78, 5) is 12.5. The number of nitrogens with one attached hydrogen (secondary N) is 2. The number of nitrogens with zero attached hydrogens (tertiary/aromatic N) is 2. The number of benzene rings is 4. The molecule has 5 heteroatoms. The van der Waals surface area contributed by atoms with E-state index in [2.05, 4.69) is 51.1 Å². The monoisotopic (exact) mass is 390 g/mol. The van der Waals surface area contributed by atoms with Gasteiger partial charge in [0, 0.05) is 11.1 Å². The number of fused-ring (bicyclic) bond motifs is 2. The molecule has 0 aliphatic carbocycles. The number of hydrogen-bond donors (Lipinski definition) is 2. The molecule has 5 nitrogen and oxygen atoms in total. The first-order valence-electron chi connectivity index (χ1n) is 9.64. The first kappa shape index (κ1) is 17.8. The summed E-state index contributed by atoms with van der Waals surface area (Å²) >= 11 is 0. The number of H-pyrrole nitrogens is 1. The summed E-state index contributed by atoms with van der Waals surface area (Å²) in [5.74, 6) is -0.342. The van der Waals surface area contributed by atoms with Crippen molar-refractivity contribution in [3.05, 3.63) is 102 Å². The van der Waals surface area contributed by atoms with E-state index < -0.39 is 0 Å². The summed E-state index contributed by atoms with van der Waals surface area (Å²) in [7, 11) is 0. The molecule has 0 spiro atoms. The van der Waals surface area contributed by atoms with Crippen molar-refractivity contribution in [1.82, 2.24) is 15.6 Å². The zero-order chi connectivity index (χ0) is 20.3.